The number of methoxy groups -OCH3 is 2. The Bertz CT molecular complexity index is 4070. The quantitative estimate of drug-likeness (QED) is 0.0194. The summed E-state index contributed by atoms with van der Waals surface area (Å²) in [5, 5.41) is 27.6. The number of amides is 1. The van der Waals surface area contributed by atoms with E-state index in [-0.39, 0.29) is 65.9 Å². The van der Waals surface area contributed by atoms with Crippen molar-refractivity contribution in [1.82, 2.24) is 39.5 Å². The van der Waals surface area contributed by atoms with Gasteiger partial charge in [-0.05, 0) is 128 Å². The fourth-order valence-corrected chi connectivity index (χ4v) is 16.5. The average Bonchev–Trinajstić information content (AvgIpc) is 1.66. The summed E-state index contributed by atoms with van der Waals surface area (Å²) >= 11 is 3.82. The van der Waals surface area contributed by atoms with E-state index < -0.39 is 29.8 Å². The second-order valence-electron chi connectivity index (χ2n) is 30.0. The van der Waals surface area contributed by atoms with Crippen LogP contribution in [-0.4, -0.2) is 317 Å². The van der Waals surface area contributed by atoms with Gasteiger partial charge in [-0.3, -0.25) is 29.2 Å². The van der Waals surface area contributed by atoms with Crippen molar-refractivity contribution in [3.8, 4) is 11.8 Å². The van der Waals surface area contributed by atoms with Gasteiger partial charge in [0.25, 0.3) is 0 Å². The van der Waals surface area contributed by atoms with E-state index >= 15 is 0 Å². The predicted octanol–water partition coefficient (Wildman–Crippen LogP) is 8.65. The molecule has 2 aromatic carbocycles. The van der Waals surface area contributed by atoms with Crippen molar-refractivity contribution in [3.63, 3.8) is 0 Å². The number of thioether (sulfide) groups is 2. The van der Waals surface area contributed by atoms with Gasteiger partial charge < -0.3 is 82.8 Å². The lowest BCUT2D eigenvalue weighted by atomic mass is 10.0. The van der Waals surface area contributed by atoms with E-state index in [1.807, 2.05) is 108 Å². The molecule has 2 saturated carbocycles. The van der Waals surface area contributed by atoms with Gasteiger partial charge in [0.15, 0.2) is 0 Å². The minimum atomic E-state index is -1.05. The van der Waals surface area contributed by atoms with E-state index in [1.165, 1.54) is 26.4 Å². The molecule has 2 saturated heterocycles. The number of aromatic carboxylic acids is 2. The monoisotopic (exact) mass is 1740 g/mol. The van der Waals surface area contributed by atoms with Gasteiger partial charge in [-0.1, -0.05) is 73.4 Å². The third kappa shape index (κ3) is 36.2. The fraction of sp³-hybridized carbons (Fsp3) is 0.556. The Morgan fingerprint density at radius 1 is 0.439 bits per heavy atom. The Kier molecular flexibility index (Phi) is 45.1. The number of carboxylic acid groups (broad SMARTS) is 3. The lowest BCUT2D eigenvalue weighted by molar-refractivity contribution is -0.138. The number of hydrogen-bond acceptors (Lipinski definition) is 29. The predicted molar refractivity (Wildman–Crippen MR) is 465 cm³/mol. The minimum absolute atomic E-state index is 0.0140. The number of nitrogens with two attached hydrogens (primary N) is 1. The zero-order chi connectivity index (χ0) is 87.0. The van der Waals surface area contributed by atoms with Crippen LogP contribution in [0.15, 0.2) is 121 Å². The van der Waals surface area contributed by atoms with Crippen LogP contribution < -0.4 is 10.6 Å². The smallest absolute Gasteiger partial charge is 0.356 e. The second kappa shape index (κ2) is 56.5. The summed E-state index contributed by atoms with van der Waals surface area (Å²) in [6, 6.07) is 36.0. The van der Waals surface area contributed by atoms with Crippen molar-refractivity contribution in [2.75, 3.05) is 207 Å². The molecule has 3 aliphatic heterocycles. The number of esters is 2. The third-order valence-corrected chi connectivity index (χ3v) is 23.1. The van der Waals surface area contributed by atoms with Crippen LogP contribution in [0, 0.1) is 23.7 Å². The van der Waals surface area contributed by atoms with Gasteiger partial charge in [0, 0.05) is 121 Å². The van der Waals surface area contributed by atoms with Crippen molar-refractivity contribution in [2.24, 2.45) is 17.6 Å². The number of carbonyl (C=O) groups is 6. The number of aromatic nitrogens is 4. The number of nitrogens with zero attached hydrogens (tertiary/aromatic N) is 9. The van der Waals surface area contributed by atoms with Crippen LogP contribution in [0.5, 0.6) is 0 Å². The summed E-state index contributed by atoms with van der Waals surface area (Å²) in [7, 11) is 2.72. The number of rotatable bonds is 29. The minimum Gasteiger partial charge on any atom is -0.481 e. The molecular weight excluding hydrogens is 1620 g/mol. The highest BCUT2D eigenvalue weighted by molar-refractivity contribution is 7.99. The first-order valence-corrected chi connectivity index (χ1v) is 44.7. The normalized spacial score (nSPS) is 20.4. The van der Waals surface area contributed by atoms with Gasteiger partial charge in [-0.15, -0.1) is 0 Å². The van der Waals surface area contributed by atoms with E-state index in [0.717, 1.165) is 102 Å². The van der Waals surface area contributed by atoms with Crippen molar-refractivity contribution in [3.05, 3.63) is 184 Å². The molecule has 5 N–H and O–H groups in total. The van der Waals surface area contributed by atoms with Gasteiger partial charge in [-0.25, -0.2) is 39.1 Å². The average molecular weight is 1740 g/mol. The SMILES string of the molecule is CCCOCCSCC1CC2OCCN(Cc3cccc(C(=O)OC)n3)CCOCCOCCN(Cc3cccc(C(=O)OC)n3)CCOC2C1.NCCOCCSCC1CC2OCCN(Cc3cccc(C(=O)O)n3)CCOCCOCCN(Cc3cccc(C(=O)O)n3)CCOC2C1.O=C(O)CCC(=O)N1Cc2ccccc2C#Cc2ccccc21. The largest absolute Gasteiger partial charge is 0.481 e. The standard InChI is InChI=1S/C37H56N4O9S.C34H51N5O9S.C19H15NO3/c1-4-15-46-22-23-51-28-29-24-34-35(25-29)50-19-14-41(27-31-8-6-10-33(39-31)37(43)45-3)12-17-48-21-20-47-16-11-40(13-18-49-34)26-30-7-5-9-32(38-30)36(42)44-2;35-7-12-44-19-20-49-25-26-21-31-32(22-26)48-16-11-39(24-28-4-2-6-30(37-28)34(42)43)9-14-46-18-17-45-13-8-38(10-15-47-31)23-27-3-1-5-29(36-27)33(40)41;21-18(11-12-19(22)23)20-13-16-7-2-1-5-14(16)9-10-15-6-3-4-8-17(15)20/h5-10,29,34-35H,4,11-28H2,1-3H3;1-6,26,31-32H,7-25,35H2,(H,40,41)(H,42,43);1-8H,11-13H2,(H,22,23). The van der Waals surface area contributed by atoms with Crippen LogP contribution in [0.3, 0.4) is 0 Å². The molecule has 0 bridgehead atoms. The van der Waals surface area contributed by atoms with Crippen LogP contribution in [-0.2, 0) is 99.2 Å². The molecular formula is C90H122N10O21S2. The molecule has 4 unspecified atom stereocenters. The highest BCUT2D eigenvalue weighted by atomic mass is 32.2. The van der Waals surface area contributed by atoms with Crippen molar-refractivity contribution < 1.29 is 101 Å². The number of para-hydroxylation sites is 1. The highest BCUT2D eigenvalue weighted by Gasteiger charge is 2.38. The van der Waals surface area contributed by atoms with Crippen LogP contribution in [0.1, 0.15) is 133 Å². The number of pyridine rings is 4. The van der Waals surface area contributed by atoms with Gasteiger partial charge in [0.2, 0.25) is 5.91 Å². The summed E-state index contributed by atoms with van der Waals surface area (Å²) in [6.07, 6.45) is 4.37. The molecule has 31 nitrogen and oxygen atoms in total. The lowest BCUT2D eigenvalue weighted by Crippen LogP contribution is -2.36. The molecule has 0 spiro atoms. The number of benzene rings is 2. The molecule has 4 atom stereocenters. The van der Waals surface area contributed by atoms with Crippen LogP contribution >= 0.6 is 23.5 Å². The molecule has 7 heterocycles. The van der Waals surface area contributed by atoms with Crippen LogP contribution in [0.4, 0.5) is 5.69 Å². The van der Waals surface area contributed by atoms with Crippen molar-refractivity contribution >= 4 is 65.0 Å². The highest BCUT2D eigenvalue weighted by Crippen LogP contribution is 2.35. The maximum absolute atomic E-state index is 12.6. The van der Waals surface area contributed by atoms with Crippen molar-refractivity contribution in [1.29, 1.82) is 0 Å². The molecule has 4 aromatic heterocycles. The van der Waals surface area contributed by atoms with Gasteiger partial charge >= 0.3 is 29.8 Å². The molecule has 0 radical (unpaired) electrons. The Balaban J connectivity index is 0.000000223. The van der Waals surface area contributed by atoms with Crippen LogP contribution in [0.2, 0.25) is 0 Å². The Labute approximate surface area is 730 Å². The molecule has 1 amide bonds. The second-order valence-corrected chi connectivity index (χ2v) is 32.3. The molecule has 33 heteroatoms. The number of fused-ring (bicyclic) bond motifs is 4. The van der Waals surface area contributed by atoms with E-state index in [2.05, 4.69) is 58.3 Å². The Morgan fingerprint density at radius 2 is 0.805 bits per heavy atom. The number of aliphatic carboxylic acids is 1. The van der Waals surface area contributed by atoms with Gasteiger partial charge in [0.1, 0.15) is 22.8 Å². The Hall–Kier alpha value is -8.48. The summed E-state index contributed by atoms with van der Waals surface area (Å²) in [5.41, 5.74) is 12.4. The van der Waals surface area contributed by atoms with Crippen molar-refractivity contribution in [2.45, 2.75) is 109 Å². The number of ether oxygens (including phenoxy) is 12. The molecule has 5 aliphatic rings. The maximum atomic E-state index is 12.6. The first kappa shape index (κ1) is 98.3. The first-order chi connectivity index (χ1) is 60.0. The first-order valence-electron chi connectivity index (χ1n) is 42.4. The molecule has 4 fully saturated rings. The molecule has 123 heavy (non-hydrogen) atoms. The van der Waals surface area contributed by atoms with E-state index in [1.54, 1.807) is 29.2 Å². The molecule has 670 valence electrons. The topological polar surface area (TPSA) is 368 Å². The summed E-state index contributed by atoms with van der Waals surface area (Å²) < 4.78 is 70.8. The van der Waals surface area contributed by atoms with Gasteiger partial charge in [-0.2, -0.15) is 23.5 Å². The number of carboxylic acids is 3. The summed E-state index contributed by atoms with van der Waals surface area (Å²) in [6.45, 7) is 18.9. The van der Waals surface area contributed by atoms with Gasteiger partial charge in [0.05, 0.1) is 179 Å². The van der Waals surface area contributed by atoms with E-state index in [9.17, 15) is 39.0 Å². The number of anilines is 1. The van der Waals surface area contributed by atoms with Crippen LogP contribution in [0.25, 0.3) is 0 Å². The molecule has 11 rings (SSSR count). The third-order valence-electron chi connectivity index (χ3n) is 20.8. The zero-order valence-electron chi connectivity index (χ0n) is 71.1. The van der Waals surface area contributed by atoms with E-state index in [0.29, 0.717) is 207 Å². The Morgan fingerprint density at radius 3 is 1.20 bits per heavy atom. The summed E-state index contributed by atoms with van der Waals surface area (Å²) in [4.78, 5) is 98.5. The maximum Gasteiger partial charge on any atom is 0.356 e. The molecule has 2 aliphatic carbocycles. The number of carbonyl (C=O) groups excluding carboxylic acids is 3. The van der Waals surface area contributed by atoms with E-state index in [4.69, 9.17) is 67.7 Å². The zero-order valence-corrected chi connectivity index (χ0v) is 72.7. The molecule has 6 aromatic rings. The number of hydrogen-bond donors (Lipinski definition) is 4. The fourth-order valence-electron chi connectivity index (χ4n) is 14.5. The lowest BCUT2D eigenvalue weighted by Gasteiger charge is -2.27. The summed E-state index contributed by atoms with van der Waals surface area (Å²) in [5.74, 6) is 6.95.